The molecule has 1 amide bonds. The van der Waals surface area contributed by atoms with Gasteiger partial charge in [0.25, 0.3) is 5.91 Å². The van der Waals surface area contributed by atoms with Crippen molar-refractivity contribution in [2.75, 3.05) is 0 Å². The van der Waals surface area contributed by atoms with Gasteiger partial charge in [-0.25, -0.2) is 9.37 Å². The van der Waals surface area contributed by atoms with Gasteiger partial charge in [0.2, 0.25) is 0 Å². The molecule has 1 aromatic carbocycles. The summed E-state index contributed by atoms with van der Waals surface area (Å²) in [6.45, 7) is 2.48. The molecule has 3 rings (SSSR count). The van der Waals surface area contributed by atoms with E-state index in [1.54, 1.807) is 18.2 Å². The first-order valence-corrected chi connectivity index (χ1v) is 8.66. The number of carbonyl (C=O) groups is 1. The van der Waals surface area contributed by atoms with Gasteiger partial charge in [-0.05, 0) is 24.6 Å². The maximum atomic E-state index is 13.5. The summed E-state index contributed by atoms with van der Waals surface area (Å²) in [6, 6.07) is 7.72. The highest BCUT2D eigenvalue weighted by molar-refractivity contribution is 7.09. The highest BCUT2D eigenvalue weighted by atomic mass is 32.1. The number of aromatic nitrogens is 3. The van der Waals surface area contributed by atoms with Crippen molar-refractivity contribution >= 4 is 17.2 Å². The Kier molecular flexibility index (Phi) is 5.39. The standard InChI is InChI=1S/C17H17FN4O2S/c1-2-11-10-25-16(20-11)8-19-17(23)14-7-12(21-22-14)9-24-15-6-4-3-5-13(15)18/h3-7,10H,2,8-9H2,1H3,(H,19,23)(H,21,22). The number of nitrogens with one attached hydrogen (secondary N) is 2. The monoisotopic (exact) mass is 360 g/mol. The summed E-state index contributed by atoms with van der Waals surface area (Å²) in [6.07, 6.45) is 0.870. The number of nitrogens with zero attached hydrogens (tertiary/aromatic N) is 2. The molecular weight excluding hydrogens is 343 g/mol. The largest absolute Gasteiger partial charge is 0.484 e. The summed E-state index contributed by atoms with van der Waals surface area (Å²) in [5.41, 5.74) is 1.84. The van der Waals surface area contributed by atoms with Crippen LogP contribution < -0.4 is 10.1 Å². The second-order valence-electron chi connectivity index (χ2n) is 5.27. The molecule has 2 aromatic heterocycles. The fraction of sp³-hybridized carbons (Fsp3) is 0.235. The number of aromatic amines is 1. The van der Waals surface area contributed by atoms with Gasteiger partial charge in [0.05, 0.1) is 17.9 Å². The Morgan fingerprint density at radius 1 is 1.40 bits per heavy atom. The minimum atomic E-state index is -0.435. The molecule has 0 saturated carbocycles. The first-order chi connectivity index (χ1) is 12.2. The molecule has 0 bridgehead atoms. The van der Waals surface area contributed by atoms with Crippen LogP contribution in [0.2, 0.25) is 0 Å². The van der Waals surface area contributed by atoms with Gasteiger partial charge in [0.15, 0.2) is 11.6 Å². The van der Waals surface area contributed by atoms with E-state index >= 15 is 0 Å². The average Bonchev–Trinajstić information content (AvgIpc) is 3.28. The summed E-state index contributed by atoms with van der Waals surface area (Å²) < 4.78 is 18.9. The zero-order valence-electron chi connectivity index (χ0n) is 13.6. The third kappa shape index (κ3) is 4.42. The molecule has 0 fully saturated rings. The predicted octanol–water partition coefficient (Wildman–Crippen LogP) is 3.08. The Bertz CT molecular complexity index is 862. The first-order valence-electron chi connectivity index (χ1n) is 7.78. The van der Waals surface area contributed by atoms with Crippen molar-refractivity contribution in [1.82, 2.24) is 20.5 Å². The van der Waals surface area contributed by atoms with Crippen LogP contribution in [0.4, 0.5) is 4.39 Å². The number of benzene rings is 1. The Morgan fingerprint density at radius 2 is 2.24 bits per heavy atom. The van der Waals surface area contributed by atoms with Crippen LogP contribution in [0.15, 0.2) is 35.7 Å². The van der Waals surface area contributed by atoms with Crippen LogP contribution in [0.5, 0.6) is 5.75 Å². The van der Waals surface area contributed by atoms with Crippen LogP contribution in [0.3, 0.4) is 0 Å². The van der Waals surface area contributed by atoms with Crippen LogP contribution in [-0.2, 0) is 19.6 Å². The predicted molar refractivity (Wildman–Crippen MR) is 92.0 cm³/mol. The smallest absolute Gasteiger partial charge is 0.272 e. The van der Waals surface area contributed by atoms with Gasteiger partial charge in [0, 0.05) is 5.38 Å². The number of halogens is 1. The van der Waals surface area contributed by atoms with Crippen molar-refractivity contribution in [3.05, 3.63) is 63.6 Å². The van der Waals surface area contributed by atoms with Gasteiger partial charge in [-0.3, -0.25) is 9.89 Å². The molecular formula is C17H17FN4O2S. The Morgan fingerprint density at radius 3 is 3.00 bits per heavy atom. The number of amides is 1. The zero-order valence-corrected chi connectivity index (χ0v) is 14.4. The summed E-state index contributed by atoms with van der Waals surface area (Å²) >= 11 is 1.51. The van der Waals surface area contributed by atoms with Crippen LogP contribution in [0.1, 0.15) is 33.8 Å². The maximum Gasteiger partial charge on any atom is 0.272 e. The molecule has 0 spiro atoms. The Balaban J connectivity index is 1.53. The van der Waals surface area contributed by atoms with Crippen molar-refractivity contribution in [1.29, 1.82) is 0 Å². The van der Waals surface area contributed by atoms with E-state index in [0.717, 1.165) is 17.1 Å². The molecule has 0 aliphatic rings. The molecule has 0 saturated heterocycles. The molecule has 2 N–H and O–H groups in total. The molecule has 0 aliphatic heterocycles. The fourth-order valence-electron chi connectivity index (χ4n) is 2.11. The van der Waals surface area contributed by atoms with E-state index in [1.165, 1.54) is 23.5 Å². The lowest BCUT2D eigenvalue weighted by Gasteiger charge is -2.04. The lowest BCUT2D eigenvalue weighted by molar-refractivity contribution is 0.0946. The van der Waals surface area contributed by atoms with Crippen LogP contribution in [0.25, 0.3) is 0 Å². The molecule has 2 heterocycles. The van der Waals surface area contributed by atoms with Gasteiger partial charge < -0.3 is 10.1 Å². The second-order valence-corrected chi connectivity index (χ2v) is 6.21. The van der Waals surface area contributed by atoms with Crippen LogP contribution in [-0.4, -0.2) is 21.1 Å². The van der Waals surface area contributed by atoms with E-state index in [9.17, 15) is 9.18 Å². The lowest BCUT2D eigenvalue weighted by atomic mass is 10.3. The van der Waals surface area contributed by atoms with Gasteiger partial charge >= 0.3 is 0 Å². The van der Waals surface area contributed by atoms with Crippen molar-refractivity contribution in [3.63, 3.8) is 0 Å². The summed E-state index contributed by atoms with van der Waals surface area (Å²) in [5, 5.41) is 12.3. The molecule has 25 heavy (non-hydrogen) atoms. The maximum absolute atomic E-state index is 13.5. The van der Waals surface area contributed by atoms with Crippen LogP contribution >= 0.6 is 11.3 Å². The number of rotatable bonds is 7. The SMILES string of the molecule is CCc1csc(CNC(=O)c2cc(COc3ccccc3F)[nH]n2)n1. The van der Waals surface area contributed by atoms with Crippen LogP contribution in [0, 0.1) is 5.82 Å². The third-order valence-electron chi connectivity index (χ3n) is 3.45. The number of ether oxygens (including phenoxy) is 1. The number of thiazole rings is 1. The molecule has 8 heteroatoms. The van der Waals surface area contributed by atoms with E-state index in [1.807, 2.05) is 12.3 Å². The molecule has 0 atom stereocenters. The van der Waals surface area contributed by atoms with Gasteiger partial charge in [-0.1, -0.05) is 19.1 Å². The summed E-state index contributed by atoms with van der Waals surface area (Å²) in [7, 11) is 0. The number of aryl methyl sites for hydroxylation is 1. The van der Waals surface area contributed by atoms with E-state index in [2.05, 4.69) is 20.5 Å². The third-order valence-corrected chi connectivity index (χ3v) is 4.34. The summed E-state index contributed by atoms with van der Waals surface area (Å²) in [4.78, 5) is 16.5. The Hall–Kier alpha value is -2.74. The van der Waals surface area contributed by atoms with E-state index in [4.69, 9.17) is 4.74 Å². The normalized spacial score (nSPS) is 10.6. The van der Waals surface area contributed by atoms with Gasteiger partial charge in [0.1, 0.15) is 17.3 Å². The Labute approximate surface area is 148 Å². The highest BCUT2D eigenvalue weighted by Crippen LogP contribution is 2.17. The van der Waals surface area contributed by atoms with E-state index in [-0.39, 0.29) is 24.0 Å². The number of carbonyl (C=O) groups excluding carboxylic acids is 1. The van der Waals surface area contributed by atoms with Gasteiger partial charge in [-0.2, -0.15) is 5.10 Å². The van der Waals surface area contributed by atoms with E-state index < -0.39 is 5.82 Å². The quantitative estimate of drug-likeness (QED) is 0.679. The highest BCUT2D eigenvalue weighted by Gasteiger charge is 2.12. The lowest BCUT2D eigenvalue weighted by Crippen LogP contribution is -2.23. The molecule has 0 radical (unpaired) electrons. The minimum Gasteiger partial charge on any atom is -0.484 e. The number of para-hydroxylation sites is 1. The number of H-pyrrole nitrogens is 1. The fourth-order valence-corrected chi connectivity index (χ4v) is 2.93. The zero-order chi connectivity index (χ0) is 17.6. The molecule has 3 aromatic rings. The van der Waals surface area contributed by atoms with Crippen molar-refractivity contribution in [2.24, 2.45) is 0 Å². The number of hydrogen-bond acceptors (Lipinski definition) is 5. The minimum absolute atomic E-state index is 0.0908. The van der Waals surface area contributed by atoms with Gasteiger partial charge in [-0.15, -0.1) is 11.3 Å². The summed E-state index contributed by atoms with van der Waals surface area (Å²) in [5.74, 6) is -0.588. The van der Waals surface area contributed by atoms with Crippen molar-refractivity contribution in [2.45, 2.75) is 26.5 Å². The van der Waals surface area contributed by atoms with Crippen molar-refractivity contribution < 1.29 is 13.9 Å². The topological polar surface area (TPSA) is 79.9 Å². The second kappa shape index (κ2) is 7.89. The number of hydrogen-bond donors (Lipinski definition) is 2. The first kappa shape index (κ1) is 17.1. The molecule has 0 unspecified atom stereocenters. The van der Waals surface area contributed by atoms with E-state index in [0.29, 0.717) is 12.2 Å². The molecule has 6 nitrogen and oxygen atoms in total. The average molecular weight is 360 g/mol. The molecule has 0 aliphatic carbocycles. The van der Waals surface area contributed by atoms with Crippen molar-refractivity contribution in [3.8, 4) is 5.75 Å². The molecule has 130 valence electrons.